The number of ether oxygens (including phenoxy) is 1. The van der Waals surface area contributed by atoms with Crippen molar-refractivity contribution >= 4 is 17.3 Å². The summed E-state index contributed by atoms with van der Waals surface area (Å²) in [4.78, 5) is 21.9. The van der Waals surface area contributed by atoms with Crippen molar-refractivity contribution in [1.29, 1.82) is 0 Å². The van der Waals surface area contributed by atoms with Crippen molar-refractivity contribution in [1.82, 2.24) is 5.32 Å². The van der Waals surface area contributed by atoms with Crippen LogP contribution in [0, 0.1) is 10.1 Å². The molecule has 1 amide bonds. The zero-order valence-electron chi connectivity index (χ0n) is 12.3. The average Bonchev–Trinajstić information content (AvgIpc) is 2.48. The smallest absolute Gasteiger partial charge is 0.275 e. The molecule has 0 heterocycles. The van der Waals surface area contributed by atoms with Crippen molar-refractivity contribution in [2.75, 3.05) is 25.0 Å². The largest absolute Gasteiger partial charge is 0.493 e. The van der Waals surface area contributed by atoms with Gasteiger partial charge in [0.2, 0.25) is 5.91 Å². The Bertz CT molecular complexity index is 491. The predicted octanol–water partition coefficient (Wildman–Crippen LogP) is 2.32. The Morgan fingerprint density at radius 2 is 2.05 bits per heavy atom. The lowest BCUT2D eigenvalue weighted by atomic mass is 10.2. The second-order valence-electron chi connectivity index (χ2n) is 4.52. The van der Waals surface area contributed by atoms with E-state index in [1.54, 1.807) is 6.07 Å². The van der Waals surface area contributed by atoms with Crippen molar-refractivity contribution in [2.24, 2.45) is 0 Å². The average molecular weight is 295 g/mol. The van der Waals surface area contributed by atoms with Gasteiger partial charge in [-0.1, -0.05) is 13.8 Å². The van der Waals surface area contributed by atoms with Gasteiger partial charge in [0.25, 0.3) is 5.69 Å². The van der Waals surface area contributed by atoms with E-state index in [0.29, 0.717) is 24.6 Å². The Hall–Kier alpha value is -2.31. The molecular weight excluding hydrogens is 274 g/mol. The van der Waals surface area contributed by atoms with Gasteiger partial charge in [0.05, 0.1) is 24.1 Å². The lowest BCUT2D eigenvalue weighted by molar-refractivity contribution is -0.384. The Morgan fingerprint density at radius 3 is 2.67 bits per heavy atom. The van der Waals surface area contributed by atoms with Gasteiger partial charge < -0.3 is 15.4 Å². The molecule has 7 nitrogen and oxygen atoms in total. The molecule has 0 saturated heterocycles. The van der Waals surface area contributed by atoms with Gasteiger partial charge in [0, 0.05) is 24.4 Å². The van der Waals surface area contributed by atoms with Crippen LogP contribution >= 0.6 is 0 Å². The summed E-state index contributed by atoms with van der Waals surface area (Å²) < 4.78 is 5.41. The molecule has 0 aliphatic heterocycles. The highest BCUT2D eigenvalue weighted by Gasteiger charge is 2.11. The van der Waals surface area contributed by atoms with E-state index in [9.17, 15) is 14.9 Å². The summed E-state index contributed by atoms with van der Waals surface area (Å²) in [6, 6.07) is 4.40. The summed E-state index contributed by atoms with van der Waals surface area (Å²) in [5.41, 5.74) is 0.419. The molecule has 116 valence electrons. The zero-order chi connectivity index (χ0) is 15.7. The van der Waals surface area contributed by atoms with Crippen LogP contribution in [0.15, 0.2) is 18.2 Å². The highest BCUT2D eigenvalue weighted by molar-refractivity contribution is 5.80. The minimum absolute atomic E-state index is 0.0639. The van der Waals surface area contributed by atoms with E-state index in [-0.39, 0.29) is 18.1 Å². The minimum atomic E-state index is -0.485. The molecule has 0 fully saturated rings. The molecule has 0 saturated carbocycles. The first-order valence-corrected chi connectivity index (χ1v) is 6.99. The third-order valence-corrected chi connectivity index (χ3v) is 2.60. The van der Waals surface area contributed by atoms with Gasteiger partial charge in [-0.15, -0.1) is 0 Å². The van der Waals surface area contributed by atoms with Gasteiger partial charge in [0.15, 0.2) is 0 Å². The van der Waals surface area contributed by atoms with Crippen LogP contribution in [0.3, 0.4) is 0 Å². The van der Waals surface area contributed by atoms with E-state index in [1.807, 2.05) is 13.8 Å². The van der Waals surface area contributed by atoms with Crippen molar-refractivity contribution in [3.05, 3.63) is 28.3 Å². The fourth-order valence-electron chi connectivity index (χ4n) is 1.60. The summed E-state index contributed by atoms with van der Waals surface area (Å²) >= 11 is 0. The monoisotopic (exact) mass is 295 g/mol. The lowest BCUT2D eigenvalue weighted by Crippen LogP contribution is -2.30. The molecule has 0 aliphatic carbocycles. The van der Waals surface area contributed by atoms with Crippen LogP contribution in [0.25, 0.3) is 0 Å². The standard InChI is InChI=1S/C14H21N3O4/c1-3-5-15-14(18)10-16-11-7-12(17(19)20)9-13(8-11)21-6-4-2/h7-9,16H,3-6,10H2,1-2H3,(H,15,18). The summed E-state index contributed by atoms with van der Waals surface area (Å²) in [6.45, 7) is 5.08. The van der Waals surface area contributed by atoms with E-state index in [0.717, 1.165) is 12.8 Å². The number of anilines is 1. The molecule has 1 rings (SSSR count). The van der Waals surface area contributed by atoms with Crippen LogP contribution in [0.1, 0.15) is 26.7 Å². The number of carbonyl (C=O) groups excluding carboxylic acids is 1. The number of non-ortho nitro benzene ring substituents is 1. The van der Waals surface area contributed by atoms with E-state index >= 15 is 0 Å². The molecule has 0 aromatic heterocycles. The van der Waals surface area contributed by atoms with E-state index in [4.69, 9.17) is 4.74 Å². The minimum Gasteiger partial charge on any atom is -0.493 e. The van der Waals surface area contributed by atoms with Gasteiger partial charge >= 0.3 is 0 Å². The van der Waals surface area contributed by atoms with Gasteiger partial charge in [-0.2, -0.15) is 0 Å². The first-order valence-electron chi connectivity index (χ1n) is 6.99. The highest BCUT2D eigenvalue weighted by atomic mass is 16.6. The topological polar surface area (TPSA) is 93.5 Å². The Balaban J connectivity index is 2.73. The van der Waals surface area contributed by atoms with Crippen LogP contribution in [0.2, 0.25) is 0 Å². The van der Waals surface area contributed by atoms with Crippen LogP contribution in [0.5, 0.6) is 5.75 Å². The number of nitrogens with one attached hydrogen (secondary N) is 2. The predicted molar refractivity (Wildman–Crippen MR) is 80.7 cm³/mol. The van der Waals surface area contributed by atoms with Crippen LogP contribution in [-0.4, -0.2) is 30.5 Å². The molecule has 0 aliphatic rings. The normalized spacial score (nSPS) is 10.0. The van der Waals surface area contributed by atoms with Crippen molar-refractivity contribution in [3.63, 3.8) is 0 Å². The van der Waals surface area contributed by atoms with Crippen molar-refractivity contribution in [2.45, 2.75) is 26.7 Å². The number of nitro groups is 1. The quantitative estimate of drug-likeness (QED) is 0.538. The Morgan fingerprint density at radius 1 is 1.29 bits per heavy atom. The van der Waals surface area contributed by atoms with Crippen LogP contribution in [0.4, 0.5) is 11.4 Å². The third-order valence-electron chi connectivity index (χ3n) is 2.60. The van der Waals surface area contributed by atoms with Gasteiger partial charge in [0.1, 0.15) is 5.75 Å². The first kappa shape index (κ1) is 16.7. The maximum atomic E-state index is 11.5. The molecule has 0 spiro atoms. The summed E-state index contributed by atoms with van der Waals surface area (Å²) in [5, 5.41) is 16.5. The van der Waals surface area contributed by atoms with E-state index in [1.165, 1.54) is 12.1 Å². The summed E-state index contributed by atoms with van der Waals surface area (Å²) in [5.74, 6) is 0.266. The second kappa shape index (κ2) is 8.78. The fraction of sp³-hybridized carbons (Fsp3) is 0.500. The fourth-order valence-corrected chi connectivity index (χ4v) is 1.60. The number of carbonyl (C=O) groups is 1. The number of nitro benzene ring substituents is 1. The molecule has 0 radical (unpaired) electrons. The van der Waals surface area contributed by atoms with E-state index < -0.39 is 4.92 Å². The van der Waals surface area contributed by atoms with Gasteiger partial charge in [-0.3, -0.25) is 14.9 Å². The number of hydrogen-bond donors (Lipinski definition) is 2. The summed E-state index contributed by atoms with van der Waals surface area (Å²) in [6.07, 6.45) is 1.67. The highest BCUT2D eigenvalue weighted by Crippen LogP contribution is 2.26. The second-order valence-corrected chi connectivity index (χ2v) is 4.52. The molecule has 2 N–H and O–H groups in total. The number of amides is 1. The maximum absolute atomic E-state index is 11.5. The number of nitrogens with zero attached hydrogens (tertiary/aromatic N) is 1. The van der Waals surface area contributed by atoms with Crippen molar-refractivity contribution < 1.29 is 14.5 Å². The molecule has 0 bridgehead atoms. The SMILES string of the molecule is CCCNC(=O)CNc1cc(OCCC)cc([N+](=O)[O-])c1. The molecule has 7 heteroatoms. The molecular formula is C14H21N3O4. The third kappa shape index (κ3) is 6.11. The number of hydrogen-bond acceptors (Lipinski definition) is 5. The van der Waals surface area contributed by atoms with Crippen LogP contribution < -0.4 is 15.4 Å². The Kier molecular flexibility index (Phi) is 7.00. The molecule has 1 aromatic rings. The van der Waals surface area contributed by atoms with Gasteiger partial charge in [-0.05, 0) is 12.8 Å². The molecule has 1 aromatic carbocycles. The molecule has 0 atom stereocenters. The van der Waals surface area contributed by atoms with Crippen molar-refractivity contribution in [3.8, 4) is 5.75 Å². The molecule has 21 heavy (non-hydrogen) atoms. The lowest BCUT2D eigenvalue weighted by Gasteiger charge is -2.10. The first-order chi connectivity index (χ1) is 10.1. The number of rotatable bonds is 9. The van der Waals surface area contributed by atoms with E-state index in [2.05, 4.69) is 10.6 Å². The molecule has 0 unspecified atom stereocenters. The summed E-state index contributed by atoms with van der Waals surface area (Å²) in [7, 11) is 0. The maximum Gasteiger partial charge on any atom is 0.275 e. The van der Waals surface area contributed by atoms with Gasteiger partial charge in [-0.25, -0.2) is 0 Å². The number of benzene rings is 1. The zero-order valence-corrected chi connectivity index (χ0v) is 12.3. The Labute approximate surface area is 123 Å². The van der Waals surface area contributed by atoms with Crippen LogP contribution in [-0.2, 0) is 4.79 Å².